The fraction of sp³-hybridized carbons (Fsp3) is 0.875. The van der Waals surface area contributed by atoms with E-state index in [4.69, 9.17) is 0 Å². The summed E-state index contributed by atoms with van der Waals surface area (Å²) in [7, 11) is 0. The topological polar surface area (TPSA) is 38.3 Å². The molecule has 0 spiro atoms. The summed E-state index contributed by atoms with van der Waals surface area (Å²) < 4.78 is 28.1. The third-order valence-electron chi connectivity index (χ3n) is 1.40. The predicted octanol–water partition coefficient (Wildman–Crippen LogP) is 1.18. The van der Waals surface area contributed by atoms with Gasteiger partial charge in [0.1, 0.15) is 0 Å². The van der Waals surface area contributed by atoms with Crippen LogP contribution in [0.2, 0.25) is 0 Å². The molecule has 1 N–H and O–H groups in total. The third-order valence-corrected chi connectivity index (χ3v) is 1.40. The standard InChI is InChI=1S/C8H15F2NO2/c1-3-13-8(12)4-6(2)11-5-7(9)10/h6-7,11H,3-5H2,1-2H3. The molecule has 0 aromatic heterocycles. The second-order valence-electron chi connectivity index (χ2n) is 2.71. The van der Waals surface area contributed by atoms with Crippen molar-refractivity contribution in [1.29, 1.82) is 0 Å². The zero-order valence-electron chi connectivity index (χ0n) is 7.85. The summed E-state index contributed by atoms with van der Waals surface area (Å²) in [6.45, 7) is 3.30. The molecule has 0 aliphatic rings. The Morgan fingerprint density at radius 1 is 1.54 bits per heavy atom. The summed E-state index contributed by atoms with van der Waals surface area (Å²) in [4.78, 5) is 10.8. The van der Waals surface area contributed by atoms with Gasteiger partial charge < -0.3 is 10.1 Å². The summed E-state index contributed by atoms with van der Waals surface area (Å²) >= 11 is 0. The molecule has 0 aliphatic carbocycles. The molecule has 0 heterocycles. The maximum atomic E-state index is 11.7. The van der Waals surface area contributed by atoms with E-state index in [2.05, 4.69) is 10.1 Å². The van der Waals surface area contributed by atoms with Gasteiger partial charge in [0.15, 0.2) is 0 Å². The quantitative estimate of drug-likeness (QED) is 0.647. The number of halogens is 2. The van der Waals surface area contributed by atoms with E-state index >= 15 is 0 Å². The second kappa shape index (κ2) is 6.77. The first-order chi connectivity index (χ1) is 6.06. The first-order valence-electron chi connectivity index (χ1n) is 4.23. The Bertz CT molecular complexity index is 153. The van der Waals surface area contributed by atoms with Crippen LogP contribution in [0.5, 0.6) is 0 Å². The van der Waals surface area contributed by atoms with Gasteiger partial charge in [-0.15, -0.1) is 0 Å². The van der Waals surface area contributed by atoms with Crippen LogP contribution < -0.4 is 5.32 Å². The van der Waals surface area contributed by atoms with Crippen LogP contribution in [-0.2, 0) is 9.53 Å². The molecule has 0 fully saturated rings. The average molecular weight is 195 g/mol. The minimum absolute atomic E-state index is 0.126. The lowest BCUT2D eigenvalue weighted by Gasteiger charge is -2.11. The minimum Gasteiger partial charge on any atom is -0.466 e. The lowest BCUT2D eigenvalue weighted by Crippen LogP contribution is -2.32. The molecule has 13 heavy (non-hydrogen) atoms. The van der Waals surface area contributed by atoms with Crippen LogP contribution in [-0.4, -0.2) is 31.6 Å². The van der Waals surface area contributed by atoms with Gasteiger partial charge in [0.05, 0.1) is 19.6 Å². The molecule has 0 radical (unpaired) electrons. The van der Waals surface area contributed by atoms with Gasteiger partial charge in [-0.1, -0.05) is 0 Å². The van der Waals surface area contributed by atoms with Crippen molar-refractivity contribution in [3.8, 4) is 0 Å². The predicted molar refractivity (Wildman–Crippen MR) is 44.7 cm³/mol. The zero-order chi connectivity index (χ0) is 10.3. The van der Waals surface area contributed by atoms with E-state index in [1.54, 1.807) is 13.8 Å². The van der Waals surface area contributed by atoms with E-state index in [-0.39, 0.29) is 25.0 Å². The molecule has 3 nitrogen and oxygen atoms in total. The number of esters is 1. The van der Waals surface area contributed by atoms with E-state index in [1.165, 1.54) is 0 Å². The van der Waals surface area contributed by atoms with Crippen LogP contribution in [0.1, 0.15) is 20.3 Å². The first kappa shape index (κ1) is 12.3. The van der Waals surface area contributed by atoms with E-state index in [0.29, 0.717) is 6.61 Å². The highest BCUT2D eigenvalue weighted by Crippen LogP contribution is 1.96. The smallest absolute Gasteiger partial charge is 0.307 e. The highest BCUT2D eigenvalue weighted by Gasteiger charge is 2.11. The average Bonchev–Trinajstić information content (AvgIpc) is 2.01. The fourth-order valence-electron chi connectivity index (χ4n) is 0.832. The van der Waals surface area contributed by atoms with Gasteiger partial charge in [0, 0.05) is 6.04 Å². The molecule has 0 aliphatic heterocycles. The largest absolute Gasteiger partial charge is 0.466 e. The number of hydrogen-bond acceptors (Lipinski definition) is 3. The molecule has 0 rings (SSSR count). The molecular weight excluding hydrogens is 180 g/mol. The highest BCUT2D eigenvalue weighted by molar-refractivity contribution is 5.69. The van der Waals surface area contributed by atoms with Crippen molar-refractivity contribution >= 4 is 5.97 Å². The molecule has 0 amide bonds. The van der Waals surface area contributed by atoms with E-state index in [0.717, 1.165) is 0 Å². The SMILES string of the molecule is CCOC(=O)CC(C)NCC(F)F. The van der Waals surface area contributed by atoms with Crippen molar-refractivity contribution in [2.24, 2.45) is 0 Å². The van der Waals surface area contributed by atoms with E-state index in [9.17, 15) is 13.6 Å². The van der Waals surface area contributed by atoms with Crippen molar-refractivity contribution < 1.29 is 18.3 Å². The molecular formula is C8H15F2NO2. The Hall–Kier alpha value is -0.710. The maximum Gasteiger partial charge on any atom is 0.307 e. The Morgan fingerprint density at radius 3 is 2.62 bits per heavy atom. The summed E-state index contributed by atoms with van der Waals surface area (Å²) in [5.41, 5.74) is 0. The molecule has 0 aromatic carbocycles. The number of rotatable bonds is 6. The van der Waals surface area contributed by atoms with Crippen molar-refractivity contribution in [2.45, 2.75) is 32.7 Å². The third kappa shape index (κ3) is 7.64. The van der Waals surface area contributed by atoms with Crippen LogP contribution in [0.3, 0.4) is 0 Å². The Balaban J connectivity index is 3.49. The number of nitrogens with one attached hydrogen (secondary N) is 1. The number of carbonyl (C=O) groups is 1. The normalized spacial score (nSPS) is 13.0. The molecule has 0 saturated heterocycles. The monoisotopic (exact) mass is 195 g/mol. The van der Waals surface area contributed by atoms with Crippen LogP contribution >= 0.6 is 0 Å². The number of hydrogen-bond donors (Lipinski definition) is 1. The summed E-state index contributed by atoms with van der Waals surface area (Å²) in [5, 5.41) is 2.52. The molecule has 1 atom stereocenters. The first-order valence-corrected chi connectivity index (χ1v) is 4.23. The van der Waals surface area contributed by atoms with Crippen molar-refractivity contribution in [2.75, 3.05) is 13.2 Å². The summed E-state index contributed by atoms with van der Waals surface area (Å²) in [6.07, 6.45) is -2.26. The van der Waals surface area contributed by atoms with Gasteiger partial charge in [-0.3, -0.25) is 4.79 Å². The van der Waals surface area contributed by atoms with Crippen LogP contribution in [0.4, 0.5) is 8.78 Å². The van der Waals surface area contributed by atoms with E-state index in [1.807, 2.05) is 0 Å². The van der Waals surface area contributed by atoms with Crippen molar-refractivity contribution in [3.05, 3.63) is 0 Å². The van der Waals surface area contributed by atoms with Crippen molar-refractivity contribution in [1.82, 2.24) is 5.32 Å². The van der Waals surface area contributed by atoms with Gasteiger partial charge in [-0.2, -0.15) is 0 Å². The van der Waals surface area contributed by atoms with E-state index < -0.39 is 6.43 Å². The fourth-order valence-corrected chi connectivity index (χ4v) is 0.832. The molecule has 0 bridgehead atoms. The number of ether oxygens (including phenoxy) is 1. The molecule has 5 heteroatoms. The van der Waals surface area contributed by atoms with Gasteiger partial charge >= 0.3 is 5.97 Å². The van der Waals surface area contributed by atoms with Gasteiger partial charge in [-0.25, -0.2) is 8.78 Å². The zero-order valence-corrected chi connectivity index (χ0v) is 7.85. The Kier molecular flexibility index (Phi) is 6.40. The second-order valence-corrected chi connectivity index (χ2v) is 2.71. The molecule has 0 saturated carbocycles. The van der Waals surface area contributed by atoms with Crippen LogP contribution in [0, 0.1) is 0 Å². The van der Waals surface area contributed by atoms with Gasteiger partial charge in [-0.05, 0) is 13.8 Å². The lowest BCUT2D eigenvalue weighted by molar-refractivity contribution is -0.143. The number of alkyl halides is 2. The molecule has 78 valence electrons. The van der Waals surface area contributed by atoms with Gasteiger partial charge in [0.25, 0.3) is 6.43 Å². The van der Waals surface area contributed by atoms with Crippen molar-refractivity contribution in [3.63, 3.8) is 0 Å². The summed E-state index contributed by atoms with van der Waals surface area (Å²) in [6, 6.07) is -0.270. The highest BCUT2D eigenvalue weighted by atomic mass is 19.3. The van der Waals surface area contributed by atoms with Gasteiger partial charge in [0.2, 0.25) is 0 Å². The molecule has 0 aromatic rings. The van der Waals surface area contributed by atoms with Crippen LogP contribution in [0.25, 0.3) is 0 Å². The minimum atomic E-state index is -2.38. The Labute approximate surface area is 76.4 Å². The maximum absolute atomic E-state index is 11.7. The number of carbonyl (C=O) groups excluding carboxylic acids is 1. The van der Waals surface area contributed by atoms with Crippen LogP contribution in [0.15, 0.2) is 0 Å². The Morgan fingerprint density at radius 2 is 2.15 bits per heavy atom. The summed E-state index contributed by atoms with van der Waals surface area (Å²) in [5.74, 6) is -0.364. The molecule has 1 unspecified atom stereocenters. The lowest BCUT2D eigenvalue weighted by atomic mass is 10.2.